The third-order valence-corrected chi connectivity index (χ3v) is 6.91. The summed E-state index contributed by atoms with van der Waals surface area (Å²) in [5, 5.41) is 2.77. The molecule has 1 heterocycles. The van der Waals surface area contributed by atoms with Crippen LogP contribution in [-0.2, 0) is 10.0 Å². The van der Waals surface area contributed by atoms with Gasteiger partial charge in [0.25, 0.3) is 15.9 Å². The van der Waals surface area contributed by atoms with Crippen molar-refractivity contribution in [2.75, 3.05) is 36.5 Å². The SMILES string of the molecule is C=CCN(c1ccccc1OC)S(=O)(=O)c1cccc(C(=O)Nc2ccc3c(c2)OCCO3)c1. The highest BCUT2D eigenvalue weighted by molar-refractivity contribution is 7.92. The van der Waals surface area contributed by atoms with Crippen LogP contribution in [0.15, 0.2) is 84.3 Å². The molecule has 0 saturated carbocycles. The van der Waals surface area contributed by atoms with Crippen LogP contribution < -0.4 is 23.8 Å². The zero-order valence-corrected chi connectivity index (χ0v) is 19.4. The van der Waals surface area contributed by atoms with Crippen molar-refractivity contribution in [1.29, 1.82) is 0 Å². The molecule has 4 rings (SSSR count). The third kappa shape index (κ3) is 4.69. The van der Waals surface area contributed by atoms with E-state index < -0.39 is 15.9 Å². The van der Waals surface area contributed by atoms with Gasteiger partial charge in [0.15, 0.2) is 11.5 Å². The molecule has 0 fully saturated rings. The fourth-order valence-corrected chi connectivity index (χ4v) is 5.02. The van der Waals surface area contributed by atoms with Gasteiger partial charge in [-0.15, -0.1) is 6.58 Å². The number of hydrogen-bond donors (Lipinski definition) is 1. The Balaban J connectivity index is 1.62. The maximum Gasteiger partial charge on any atom is 0.264 e. The molecule has 34 heavy (non-hydrogen) atoms. The minimum absolute atomic E-state index is 0.0241. The standard InChI is InChI=1S/C25H24N2O6S/c1-3-13-27(21-9-4-5-10-22(21)31-2)34(29,30)20-8-6-7-18(16-20)25(28)26-19-11-12-23-24(17-19)33-15-14-32-23/h3-12,16-17H,1,13-15H2,2H3,(H,26,28). The summed E-state index contributed by atoms with van der Waals surface area (Å²) >= 11 is 0. The van der Waals surface area contributed by atoms with Gasteiger partial charge in [-0.05, 0) is 42.5 Å². The number of nitrogens with one attached hydrogen (secondary N) is 1. The van der Waals surface area contributed by atoms with Crippen LogP contribution in [0.4, 0.5) is 11.4 Å². The number of hydrogen-bond acceptors (Lipinski definition) is 6. The maximum atomic E-state index is 13.5. The quantitative estimate of drug-likeness (QED) is 0.488. The molecule has 0 bridgehead atoms. The molecule has 3 aromatic rings. The number of methoxy groups -OCH3 is 1. The van der Waals surface area contributed by atoms with E-state index in [1.165, 1.54) is 35.7 Å². The van der Waals surface area contributed by atoms with Gasteiger partial charge >= 0.3 is 0 Å². The van der Waals surface area contributed by atoms with Gasteiger partial charge in [-0.1, -0.05) is 24.3 Å². The molecule has 1 aliphatic heterocycles. The largest absolute Gasteiger partial charge is 0.495 e. The van der Waals surface area contributed by atoms with Crippen molar-refractivity contribution in [2.45, 2.75) is 4.90 Å². The average Bonchev–Trinajstić information content (AvgIpc) is 2.87. The zero-order valence-electron chi connectivity index (χ0n) is 18.6. The van der Waals surface area contributed by atoms with E-state index in [9.17, 15) is 13.2 Å². The molecule has 176 valence electrons. The Hall–Kier alpha value is -3.98. The Kier molecular flexibility index (Phi) is 6.74. The van der Waals surface area contributed by atoms with E-state index in [1.54, 1.807) is 48.5 Å². The fraction of sp³-hybridized carbons (Fsp3) is 0.160. The number of fused-ring (bicyclic) bond motifs is 1. The predicted octanol–water partition coefficient (Wildman–Crippen LogP) is 4.10. The summed E-state index contributed by atoms with van der Waals surface area (Å²) in [5.41, 5.74) is 1.07. The lowest BCUT2D eigenvalue weighted by atomic mass is 10.2. The van der Waals surface area contributed by atoms with E-state index in [0.717, 1.165) is 0 Å². The van der Waals surface area contributed by atoms with Crippen molar-refractivity contribution in [2.24, 2.45) is 0 Å². The second-order valence-corrected chi connectivity index (χ2v) is 9.20. The van der Waals surface area contributed by atoms with Gasteiger partial charge in [0, 0.05) is 17.3 Å². The minimum atomic E-state index is -4.02. The summed E-state index contributed by atoms with van der Waals surface area (Å²) in [7, 11) is -2.55. The lowest BCUT2D eigenvalue weighted by molar-refractivity contribution is 0.102. The topological polar surface area (TPSA) is 94.2 Å². The fourth-order valence-electron chi connectivity index (χ4n) is 3.53. The number of carbonyl (C=O) groups is 1. The molecule has 9 heteroatoms. The van der Waals surface area contributed by atoms with Gasteiger partial charge in [-0.2, -0.15) is 0 Å². The molecule has 0 saturated heterocycles. The summed E-state index contributed by atoms with van der Waals surface area (Å²) < 4.78 is 44.7. The molecule has 0 radical (unpaired) electrons. The van der Waals surface area contributed by atoms with Crippen LogP contribution in [0.1, 0.15) is 10.4 Å². The van der Waals surface area contributed by atoms with Gasteiger partial charge in [-0.25, -0.2) is 8.42 Å². The number of benzene rings is 3. The molecule has 0 aliphatic carbocycles. The molecule has 1 aliphatic rings. The maximum absolute atomic E-state index is 13.5. The lowest BCUT2D eigenvalue weighted by Crippen LogP contribution is -2.31. The summed E-state index contributed by atoms with van der Waals surface area (Å²) in [5.74, 6) is 1.09. The predicted molar refractivity (Wildman–Crippen MR) is 130 cm³/mol. The van der Waals surface area contributed by atoms with Gasteiger partial charge in [0.05, 0.1) is 24.2 Å². The lowest BCUT2D eigenvalue weighted by Gasteiger charge is -2.25. The average molecular weight is 481 g/mol. The van der Waals surface area contributed by atoms with Gasteiger partial charge in [0.2, 0.25) is 0 Å². The Bertz CT molecular complexity index is 1320. The Morgan fingerprint density at radius 1 is 1.06 bits per heavy atom. The van der Waals surface area contributed by atoms with Crippen molar-refractivity contribution in [1.82, 2.24) is 0 Å². The first kappa shape index (κ1) is 23.2. The molecule has 0 spiro atoms. The van der Waals surface area contributed by atoms with E-state index in [2.05, 4.69) is 11.9 Å². The third-order valence-electron chi connectivity index (χ3n) is 5.13. The molecule has 0 unspecified atom stereocenters. The summed E-state index contributed by atoms with van der Waals surface area (Å²) in [6.45, 7) is 4.60. The highest BCUT2D eigenvalue weighted by atomic mass is 32.2. The van der Waals surface area contributed by atoms with Crippen LogP contribution in [0.2, 0.25) is 0 Å². The van der Waals surface area contributed by atoms with Crippen molar-refractivity contribution in [3.05, 3.63) is 84.9 Å². The number of nitrogens with zero attached hydrogens (tertiary/aromatic N) is 1. The number of carbonyl (C=O) groups excluding carboxylic acids is 1. The Morgan fingerprint density at radius 3 is 2.59 bits per heavy atom. The molecule has 0 aromatic heterocycles. The molecule has 8 nitrogen and oxygen atoms in total. The van der Waals surface area contributed by atoms with Crippen molar-refractivity contribution in [3.63, 3.8) is 0 Å². The first-order chi connectivity index (χ1) is 16.4. The van der Waals surface area contributed by atoms with Crippen LogP contribution in [-0.4, -0.2) is 41.2 Å². The second-order valence-electron chi connectivity index (χ2n) is 7.34. The zero-order chi connectivity index (χ0) is 24.1. The Morgan fingerprint density at radius 2 is 1.82 bits per heavy atom. The number of sulfonamides is 1. The van der Waals surface area contributed by atoms with Crippen LogP contribution in [0, 0.1) is 0 Å². The van der Waals surface area contributed by atoms with Crippen LogP contribution >= 0.6 is 0 Å². The van der Waals surface area contributed by atoms with E-state index in [-0.39, 0.29) is 17.0 Å². The molecule has 1 N–H and O–H groups in total. The van der Waals surface area contributed by atoms with Crippen molar-refractivity contribution in [3.8, 4) is 17.2 Å². The smallest absolute Gasteiger partial charge is 0.264 e. The van der Waals surface area contributed by atoms with Crippen molar-refractivity contribution >= 4 is 27.3 Å². The van der Waals surface area contributed by atoms with Crippen LogP contribution in [0.3, 0.4) is 0 Å². The van der Waals surface area contributed by atoms with Gasteiger partial charge in [-0.3, -0.25) is 9.10 Å². The van der Waals surface area contributed by atoms with Crippen LogP contribution in [0.5, 0.6) is 17.2 Å². The molecular weight excluding hydrogens is 456 g/mol. The van der Waals surface area contributed by atoms with E-state index in [1.807, 2.05) is 0 Å². The van der Waals surface area contributed by atoms with Crippen molar-refractivity contribution < 1.29 is 27.4 Å². The first-order valence-corrected chi connectivity index (χ1v) is 12.0. The number of anilines is 2. The van der Waals surface area contributed by atoms with Gasteiger partial charge < -0.3 is 19.5 Å². The number of amides is 1. The number of para-hydroxylation sites is 2. The molecule has 1 amide bonds. The first-order valence-electron chi connectivity index (χ1n) is 10.5. The highest BCUT2D eigenvalue weighted by Crippen LogP contribution is 2.34. The Labute approximate surface area is 198 Å². The minimum Gasteiger partial charge on any atom is -0.495 e. The van der Waals surface area contributed by atoms with E-state index in [0.29, 0.717) is 41.8 Å². The molecule has 0 atom stereocenters. The van der Waals surface area contributed by atoms with E-state index in [4.69, 9.17) is 14.2 Å². The number of ether oxygens (including phenoxy) is 3. The second kappa shape index (κ2) is 9.88. The molecule has 3 aromatic carbocycles. The number of rotatable bonds is 8. The molecular formula is C25H24N2O6S. The summed E-state index contributed by atoms with van der Waals surface area (Å²) in [4.78, 5) is 12.9. The summed E-state index contributed by atoms with van der Waals surface area (Å²) in [6.07, 6.45) is 1.49. The van der Waals surface area contributed by atoms with E-state index >= 15 is 0 Å². The monoisotopic (exact) mass is 480 g/mol. The van der Waals surface area contributed by atoms with Crippen LogP contribution in [0.25, 0.3) is 0 Å². The van der Waals surface area contributed by atoms with Gasteiger partial charge in [0.1, 0.15) is 19.0 Å². The highest BCUT2D eigenvalue weighted by Gasteiger charge is 2.27. The summed E-state index contributed by atoms with van der Waals surface area (Å²) in [6, 6.07) is 17.7. The normalized spacial score (nSPS) is 12.5.